The first-order valence-corrected chi connectivity index (χ1v) is 4.87. The first kappa shape index (κ1) is 10.1. The second-order valence-corrected chi connectivity index (χ2v) is 3.25. The summed E-state index contributed by atoms with van der Waals surface area (Å²) in [6, 6.07) is 9.41. The van der Waals surface area contributed by atoms with Gasteiger partial charge in [0.25, 0.3) is 0 Å². The van der Waals surface area contributed by atoms with Gasteiger partial charge in [-0.1, -0.05) is 0 Å². The van der Waals surface area contributed by atoms with E-state index >= 15 is 0 Å². The van der Waals surface area contributed by atoms with Crippen LogP contribution in [0.2, 0.25) is 0 Å². The zero-order chi connectivity index (χ0) is 11.2. The standard InChI is InChI=1S/C12H10N4/c13-7-11-1-2-12(9-16-11)15-8-10-3-5-14-6-4-10/h1-6,9,15H,8H2. The molecular formula is C12H10N4. The minimum atomic E-state index is 0.425. The van der Waals surface area contributed by atoms with E-state index in [1.165, 1.54) is 0 Å². The number of rotatable bonds is 3. The normalized spacial score (nSPS) is 9.44. The predicted octanol–water partition coefficient (Wildman–Crippen LogP) is 1.96. The number of anilines is 1. The minimum Gasteiger partial charge on any atom is -0.380 e. The molecule has 2 aromatic rings. The lowest BCUT2D eigenvalue weighted by molar-refractivity contribution is 1.12. The fourth-order valence-corrected chi connectivity index (χ4v) is 1.27. The highest BCUT2D eigenvalue weighted by molar-refractivity contribution is 5.43. The molecule has 2 aromatic heterocycles. The van der Waals surface area contributed by atoms with Gasteiger partial charge in [0.05, 0.1) is 11.9 Å². The van der Waals surface area contributed by atoms with E-state index < -0.39 is 0 Å². The Morgan fingerprint density at radius 3 is 2.62 bits per heavy atom. The highest BCUT2D eigenvalue weighted by atomic mass is 14.9. The maximum absolute atomic E-state index is 8.60. The van der Waals surface area contributed by atoms with E-state index in [9.17, 15) is 0 Å². The average Bonchev–Trinajstić information content (AvgIpc) is 2.38. The number of nitriles is 1. The van der Waals surface area contributed by atoms with Crippen molar-refractivity contribution in [2.45, 2.75) is 6.54 Å². The monoisotopic (exact) mass is 210 g/mol. The van der Waals surface area contributed by atoms with Crippen molar-refractivity contribution in [1.82, 2.24) is 9.97 Å². The third-order valence-electron chi connectivity index (χ3n) is 2.12. The second kappa shape index (κ2) is 4.89. The third-order valence-corrected chi connectivity index (χ3v) is 2.12. The average molecular weight is 210 g/mol. The smallest absolute Gasteiger partial charge is 0.140 e. The molecule has 0 saturated carbocycles. The van der Waals surface area contributed by atoms with Crippen LogP contribution in [-0.4, -0.2) is 9.97 Å². The molecule has 0 atom stereocenters. The van der Waals surface area contributed by atoms with Crippen LogP contribution in [0.3, 0.4) is 0 Å². The van der Waals surface area contributed by atoms with E-state index in [2.05, 4.69) is 15.3 Å². The zero-order valence-corrected chi connectivity index (χ0v) is 8.59. The molecule has 16 heavy (non-hydrogen) atoms. The van der Waals surface area contributed by atoms with Gasteiger partial charge in [-0.15, -0.1) is 0 Å². The molecule has 78 valence electrons. The van der Waals surface area contributed by atoms with Gasteiger partial charge in [0.1, 0.15) is 11.8 Å². The van der Waals surface area contributed by atoms with Crippen molar-refractivity contribution in [2.24, 2.45) is 0 Å². The number of aromatic nitrogens is 2. The van der Waals surface area contributed by atoms with Crippen LogP contribution in [0.15, 0.2) is 42.9 Å². The first-order chi connectivity index (χ1) is 7.88. The van der Waals surface area contributed by atoms with Crippen LogP contribution in [-0.2, 0) is 6.54 Å². The Kier molecular flexibility index (Phi) is 3.10. The highest BCUT2D eigenvalue weighted by Gasteiger charge is 1.95. The zero-order valence-electron chi connectivity index (χ0n) is 8.59. The quantitative estimate of drug-likeness (QED) is 0.841. The van der Waals surface area contributed by atoms with Crippen molar-refractivity contribution in [2.75, 3.05) is 5.32 Å². The van der Waals surface area contributed by atoms with Crippen LogP contribution in [0.5, 0.6) is 0 Å². The molecule has 0 aliphatic heterocycles. The molecule has 0 aliphatic carbocycles. The van der Waals surface area contributed by atoms with Crippen LogP contribution in [0.1, 0.15) is 11.3 Å². The summed E-state index contributed by atoms with van der Waals surface area (Å²) in [6.45, 7) is 0.718. The van der Waals surface area contributed by atoms with E-state index in [0.717, 1.165) is 17.8 Å². The van der Waals surface area contributed by atoms with Gasteiger partial charge in [0.15, 0.2) is 0 Å². The van der Waals surface area contributed by atoms with E-state index in [0.29, 0.717) is 5.69 Å². The summed E-state index contributed by atoms with van der Waals surface area (Å²) in [7, 11) is 0. The van der Waals surface area contributed by atoms with E-state index in [1.54, 1.807) is 24.7 Å². The molecule has 0 bridgehead atoms. The summed E-state index contributed by atoms with van der Waals surface area (Å²) in [4.78, 5) is 7.92. The SMILES string of the molecule is N#Cc1ccc(NCc2ccncc2)cn1. The van der Waals surface area contributed by atoms with Gasteiger partial charge in [-0.05, 0) is 29.8 Å². The third kappa shape index (κ3) is 2.55. The number of hydrogen-bond donors (Lipinski definition) is 1. The number of pyridine rings is 2. The van der Waals surface area contributed by atoms with Gasteiger partial charge in [-0.25, -0.2) is 4.98 Å². The van der Waals surface area contributed by atoms with Gasteiger partial charge in [-0.2, -0.15) is 5.26 Å². The molecule has 0 amide bonds. The van der Waals surface area contributed by atoms with Crippen LogP contribution in [0.25, 0.3) is 0 Å². The number of hydrogen-bond acceptors (Lipinski definition) is 4. The van der Waals surface area contributed by atoms with Gasteiger partial charge >= 0.3 is 0 Å². The molecular weight excluding hydrogens is 200 g/mol. The van der Waals surface area contributed by atoms with E-state index in [4.69, 9.17) is 5.26 Å². The van der Waals surface area contributed by atoms with Crippen molar-refractivity contribution < 1.29 is 0 Å². The van der Waals surface area contributed by atoms with Crippen molar-refractivity contribution in [3.8, 4) is 6.07 Å². The lowest BCUT2D eigenvalue weighted by Crippen LogP contribution is -1.99. The summed E-state index contributed by atoms with van der Waals surface area (Å²) >= 11 is 0. The maximum atomic E-state index is 8.60. The summed E-state index contributed by atoms with van der Waals surface area (Å²) in [5.41, 5.74) is 2.48. The molecule has 0 fully saturated rings. The van der Waals surface area contributed by atoms with Crippen LogP contribution >= 0.6 is 0 Å². The largest absolute Gasteiger partial charge is 0.380 e. The summed E-state index contributed by atoms with van der Waals surface area (Å²) in [6.07, 6.45) is 5.17. The molecule has 0 unspecified atom stereocenters. The van der Waals surface area contributed by atoms with E-state index in [1.807, 2.05) is 24.3 Å². The molecule has 0 radical (unpaired) electrons. The molecule has 0 aromatic carbocycles. The fourth-order valence-electron chi connectivity index (χ4n) is 1.27. The highest BCUT2D eigenvalue weighted by Crippen LogP contribution is 2.07. The van der Waals surface area contributed by atoms with Crippen molar-refractivity contribution in [1.29, 1.82) is 5.26 Å². The molecule has 2 heterocycles. The predicted molar refractivity (Wildman–Crippen MR) is 60.5 cm³/mol. The van der Waals surface area contributed by atoms with Crippen LogP contribution in [0, 0.1) is 11.3 Å². The summed E-state index contributed by atoms with van der Waals surface area (Å²) in [5, 5.41) is 11.8. The van der Waals surface area contributed by atoms with Gasteiger partial charge < -0.3 is 5.32 Å². The lowest BCUT2D eigenvalue weighted by atomic mass is 10.2. The van der Waals surface area contributed by atoms with Gasteiger partial charge in [0, 0.05) is 18.9 Å². The van der Waals surface area contributed by atoms with E-state index in [-0.39, 0.29) is 0 Å². The Labute approximate surface area is 93.6 Å². The Morgan fingerprint density at radius 1 is 1.19 bits per heavy atom. The molecule has 4 heteroatoms. The minimum absolute atomic E-state index is 0.425. The molecule has 4 nitrogen and oxygen atoms in total. The summed E-state index contributed by atoms with van der Waals surface area (Å²) in [5.74, 6) is 0. The Balaban J connectivity index is 1.98. The number of nitrogens with one attached hydrogen (secondary N) is 1. The lowest BCUT2D eigenvalue weighted by Gasteiger charge is -2.05. The fraction of sp³-hybridized carbons (Fsp3) is 0.0833. The maximum Gasteiger partial charge on any atom is 0.140 e. The Morgan fingerprint density at radius 2 is 2.00 bits per heavy atom. The van der Waals surface area contributed by atoms with Crippen molar-refractivity contribution in [3.05, 3.63) is 54.1 Å². The van der Waals surface area contributed by atoms with Gasteiger partial charge in [0.2, 0.25) is 0 Å². The van der Waals surface area contributed by atoms with Crippen LogP contribution < -0.4 is 5.32 Å². The molecule has 1 N–H and O–H groups in total. The Bertz CT molecular complexity index is 485. The molecule has 0 aliphatic rings. The number of nitrogens with zero attached hydrogens (tertiary/aromatic N) is 3. The Hall–Kier alpha value is -2.41. The molecule has 2 rings (SSSR count). The second-order valence-electron chi connectivity index (χ2n) is 3.25. The van der Waals surface area contributed by atoms with Crippen LogP contribution in [0.4, 0.5) is 5.69 Å². The van der Waals surface area contributed by atoms with Crippen molar-refractivity contribution in [3.63, 3.8) is 0 Å². The topological polar surface area (TPSA) is 61.6 Å². The van der Waals surface area contributed by atoms with Crippen molar-refractivity contribution >= 4 is 5.69 Å². The molecule has 0 spiro atoms. The summed E-state index contributed by atoms with van der Waals surface area (Å²) < 4.78 is 0. The first-order valence-electron chi connectivity index (χ1n) is 4.87. The molecule has 0 saturated heterocycles. The van der Waals surface area contributed by atoms with Gasteiger partial charge in [-0.3, -0.25) is 4.98 Å².